The Morgan fingerprint density at radius 2 is 1.60 bits per heavy atom. The van der Waals surface area contributed by atoms with Crippen molar-refractivity contribution in [3.05, 3.63) is 88.6 Å². The van der Waals surface area contributed by atoms with Crippen molar-refractivity contribution in [2.24, 2.45) is 0 Å². The van der Waals surface area contributed by atoms with Crippen LogP contribution in [0, 0.1) is 0 Å². The smallest absolute Gasteiger partial charge is 0.114 e. The number of thiophene rings is 2. The van der Waals surface area contributed by atoms with Crippen LogP contribution in [0.3, 0.4) is 0 Å². The lowest BCUT2D eigenvalue weighted by Gasteiger charge is -2.04. The molecule has 0 aliphatic rings. The third-order valence-electron chi connectivity index (χ3n) is 4.86. The number of ether oxygens (including phenoxy) is 1. The quantitative estimate of drug-likeness (QED) is 0.259. The molecule has 0 radical (unpaired) electrons. The molecule has 30 heavy (non-hydrogen) atoms. The van der Waals surface area contributed by atoms with Crippen LogP contribution in [0.25, 0.3) is 38.0 Å². The summed E-state index contributed by atoms with van der Waals surface area (Å²) in [5.41, 5.74) is 6.53. The lowest BCUT2D eigenvalue weighted by molar-refractivity contribution is 0.109. The van der Waals surface area contributed by atoms with E-state index in [1.165, 1.54) is 26.4 Å². The van der Waals surface area contributed by atoms with Gasteiger partial charge in [0.15, 0.2) is 0 Å². The highest BCUT2D eigenvalue weighted by molar-refractivity contribution is 7.15. The number of rotatable bonds is 7. The zero-order valence-corrected chi connectivity index (χ0v) is 18.5. The van der Waals surface area contributed by atoms with Crippen molar-refractivity contribution in [1.82, 2.24) is 8.75 Å². The maximum atomic E-state index is 5.93. The zero-order chi connectivity index (χ0) is 20.3. The summed E-state index contributed by atoms with van der Waals surface area (Å²) >= 11 is 4.75. The van der Waals surface area contributed by atoms with Gasteiger partial charge in [-0.15, -0.1) is 22.7 Å². The Kier molecular flexibility index (Phi) is 5.55. The number of benzene rings is 2. The molecular formula is C24H18N2OS3. The normalized spacial score (nSPS) is 11.2. The van der Waals surface area contributed by atoms with Crippen LogP contribution in [0.5, 0.6) is 0 Å². The summed E-state index contributed by atoms with van der Waals surface area (Å²) in [5.74, 6) is 0. The molecule has 0 amide bonds. The number of hydrogen-bond acceptors (Lipinski definition) is 6. The van der Waals surface area contributed by atoms with Crippen LogP contribution >= 0.6 is 34.4 Å². The molecule has 0 bridgehead atoms. The molecule has 0 unspecified atom stereocenters. The molecule has 5 aromatic rings. The fourth-order valence-electron chi connectivity index (χ4n) is 3.32. The second-order valence-corrected chi connectivity index (χ2v) is 9.45. The molecule has 0 saturated heterocycles. The van der Waals surface area contributed by atoms with Crippen molar-refractivity contribution in [2.45, 2.75) is 13.2 Å². The van der Waals surface area contributed by atoms with Gasteiger partial charge in [0.2, 0.25) is 0 Å². The second-order valence-electron chi connectivity index (χ2n) is 6.80. The highest BCUT2D eigenvalue weighted by Gasteiger charge is 2.15. The van der Waals surface area contributed by atoms with E-state index in [1.54, 1.807) is 22.7 Å². The minimum atomic E-state index is 0.597. The van der Waals surface area contributed by atoms with Crippen LogP contribution in [-0.2, 0) is 18.0 Å². The van der Waals surface area contributed by atoms with Crippen LogP contribution in [0.4, 0.5) is 0 Å². The van der Waals surface area contributed by atoms with E-state index in [0.29, 0.717) is 13.2 Å². The Balaban J connectivity index is 1.33. The summed E-state index contributed by atoms with van der Waals surface area (Å²) in [6.07, 6.45) is 1.85. The van der Waals surface area contributed by atoms with Gasteiger partial charge in [-0.05, 0) is 34.7 Å². The van der Waals surface area contributed by atoms with Gasteiger partial charge < -0.3 is 4.74 Å². The van der Waals surface area contributed by atoms with Crippen molar-refractivity contribution in [2.75, 3.05) is 0 Å². The van der Waals surface area contributed by atoms with Crippen molar-refractivity contribution >= 4 is 51.5 Å². The molecule has 6 heteroatoms. The first-order chi connectivity index (χ1) is 14.8. The first-order valence-electron chi connectivity index (χ1n) is 9.49. The number of hydrogen-bond donors (Lipinski definition) is 0. The van der Waals surface area contributed by atoms with Gasteiger partial charge in [-0.1, -0.05) is 55.1 Å². The molecular weight excluding hydrogens is 428 g/mol. The van der Waals surface area contributed by atoms with E-state index in [4.69, 9.17) is 4.74 Å². The van der Waals surface area contributed by atoms with E-state index in [0.717, 1.165) is 33.3 Å². The van der Waals surface area contributed by atoms with Crippen molar-refractivity contribution < 1.29 is 4.74 Å². The Morgan fingerprint density at radius 1 is 0.833 bits per heavy atom. The third-order valence-corrected chi connectivity index (χ3v) is 7.38. The van der Waals surface area contributed by atoms with Crippen molar-refractivity contribution in [3.8, 4) is 20.9 Å². The number of aromatic nitrogens is 2. The lowest BCUT2D eigenvalue weighted by Crippen LogP contribution is -1.92. The highest BCUT2D eigenvalue weighted by atomic mass is 32.1. The molecule has 148 valence electrons. The predicted molar refractivity (Wildman–Crippen MR) is 129 cm³/mol. The van der Waals surface area contributed by atoms with Gasteiger partial charge in [-0.2, -0.15) is 8.75 Å². The minimum Gasteiger partial charge on any atom is -0.371 e. The molecule has 0 spiro atoms. The van der Waals surface area contributed by atoms with Gasteiger partial charge in [0.1, 0.15) is 11.0 Å². The van der Waals surface area contributed by atoms with Gasteiger partial charge in [0, 0.05) is 25.8 Å². The van der Waals surface area contributed by atoms with Gasteiger partial charge >= 0.3 is 0 Å². The van der Waals surface area contributed by atoms with Gasteiger partial charge in [-0.25, -0.2) is 0 Å². The van der Waals surface area contributed by atoms with Crippen LogP contribution < -0.4 is 0 Å². The fourth-order valence-corrected chi connectivity index (χ4v) is 5.61. The maximum absolute atomic E-state index is 5.93. The van der Waals surface area contributed by atoms with E-state index in [9.17, 15) is 0 Å². The molecule has 3 heterocycles. The number of nitrogens with zero attached hydrogens (tertiary/aromatic N) is 2. The topological polar surface area (TPSA) is 35.0 Å². The molecule has 3 nitrogen and oxygen atoms in total. The predicted octanol–water partition coefficient (Wildman–Crippen LogP) is 7.51. The average molecular weight is 447 g/mol. The van der Waals surface area contributed by atoms with E-state index < -0.39 is 0 Å². The molecule has 0 N–H and O–H groups in total. The van der Waals surface area contributed by atoms with Crippen LogP contribution in [0.15, 0.2) is 72.6 Å². The van der Waals surface area contributed by atoms with Gasteiger partial charge in [0.05, 0.1) is 24.9 Å². The summed E-state index contributed by atoms with van der Waals surface area (Å²) in [7, 11) is 0. The summed E-state index contributed by atoms with van der Waals surface area (Å²) in [4.78, 5) is 3.62. The molecule has 0 atom stereocenters. The lowest BCUT2D eigenvalue weighted by atomic mass is 10.1. The van der Waals surface area contributed by atoms with Crippen molar-refractivity contribution in [1.29, 1.82) is 0 Å². The van der Waals surface area contributed by atoms with Gasteiger partial charge in [-0.3, -0.25) is 0 Å². The molecule has 0 fully saturated rings. The van der Waals surface area contributed by atoms with Crippen LogP contribution in [0.1, 0.15) is 16.0 Å². The Morgan fingerprint density at radius 3 is 2.30 bits per heavy atom. The van der Waals surface area contributed by atoms with Crippen molar-refractivity contribution in [3.63, 3.8) is 0 Å². The maximum Gasteiger partial charge on any atom is 0.114 e. The monoisotopic (exact) mass is 446 g/mol. The third kappa shape index (κ3) is 3.87. The number of fused-ring (bicyclic) bond motifs is 1. The van der Waals surface area contributed by atoms with Gasteiger partial charge in [0.25, 0.3) is 0 Å². The highest BCUT2D eigenvalue weighted by Crippen LogP contribution is 2.38. The van der Waals surface area contributed by atoms with E-state index >= 15 is 0 Å². The second kappa shape index (κ2) is 8.62. The Hall–Kier alpha value is -2.64. The Bertz CT molecular complexity index is 1280. The van der Waals surface area contributed by atoms with Crippen LogP contribution in [-0.4, -0.2) is 8.75 Å². The van der Waals surface area contributed by atoms with E-state index in [2.05, 4.69) is 81.4 Å². The fraction of sp³-hybridized carbons (Fsp3) is 0.0833. The standard InChI is InChI=1S/C24H18N2OS3/c1-2-16-5-7-17(8-6-16)14-27-15-18-9-12-22(29-18)20-11-10-19(21-4-3-13-28-21)23-24(20)26-30-25-23/h2-13H,1,14-15H2. The summed E-state index contributed by atoms with van der Waals surface area (Å²) < 4.78 is 15.1. The SMILES string of the molecule is C=Cc1ccc(COCc2ccc(-c3ccc(-c4cccs4)c4nsnc34)s2)cc1. The van der Waals surface area contributed by atoms with E-state index in [-0.39, 0.29) is 0 Å². The molecule has 0 aliphatic heterocycles. The molecule has 3 aromatic heterocycles. The first kappa shape index (κ1) is 19.3. The molecule has 2 aromatic carbocycles. The first-order valence-corrected chi connectivity index (χ1v) is 11.9. The summed E-state index contributed by atoms with van der Waals surface area (Å²) in [5, 5.41) is 2.09. The molecule has 5 rings (SSSR count). The Labute approximate surface area is 187 Å². The van der Waals surface area contributed by atoms with E-state index in [1.807, 2.05) is 6.08 Å². The zero-order valence-electron chi connectivity index (χ0n) is 16.1. The van der Waals surface area contributed by atoms with Crippen LogP contribution in [0.2, 0.25) is 0 Å². The molecule has 0 aliphatic carbocycles. The summed E-state index contributed by atoms with van der Waals surface area (Å²) in [6, 6.07) is 21.1. The minimum absolute atomic E-state index is 0.597. The largest absolute Gasteiger partial charge is 0.371 e. The summed E-state index contributed by atoms with van der Waals surface area (Å²) in [6.45, 7) is 4.98. The average Bonchev–Trinajstić information content (AvgIpc) is 3.55. The molecule has 0 saturated carbocycles.